The van der Waals surface area contributed by atoms with Gasteiger partial charge in [0, 0.05) is 6.54 Å². The van der Waals surface area contributed by atoms with Crippen LogP contribution < -0.4 is 5.32 Å². The summed E-state index contributed by atoms with van der Waals surface area (Å²) in [7, 11) is 0. The van der Waals surface area contributed by atoms with Crippen molar-refractivity contribution in [1.82, 2.24) is 0 Å². The zero-order chi connectivity index (χ0) is 15.7. The third-order valence-corrected chi connectivity index (χ3v) is 2.92. The molecule has 0 unspecified atom stereocenters. The van der Waals surface area contributed by atoms with E-state index in [1.165, 1.54) is 19.1 Å². The molecule has 1 nitrogen and oxygen atoms in total. The molecule has 0 aliphatic heterocycles. The Balaban J connectivity index is 2.30. The molecule has 0 heterocycles. The van der Waals surface area contributed by atoms with Gasteiger partial charge >= 0.3 is 0 Å². The number of hydrogen-bond donors (Lipinski definition) is 1. The molecule has 0 radical (unpaired) electrons. The Morgan fingerprint density at radius 1 is 0.810 bits per heavy atom. The van der Waals surface area contributed by atoms with Gasteiger partial charge in [-0.3, -0.25) is 0 Å². The zero-order valence-electron chi connectivity index (χ0n) is 10.7. The summed E-state index contributed by atoms with van der Waals surface area (Å²) in [5.74, 6) is -10.8. The fourth-order valence-corrected chi connectivity index (χ4v) is 1.70. The Morgan fingerprint density at radius 2 is 1.33 bits per heavy atom. The Kier molecular flexibility index (Phi) is 4.11. The molecule has 112 valence electrons. The first-order valence-corrected chi connectivity index (χ1v) is 5.83. The van der Waals surface area contributed by atoms with Crippen molar-refractivity contribution in [2.45, 2.75) is 13.5 Å². The number of hydrogen-bond acceptors (Lipinski definition) is 1. The molecule has 7 heteroatoms. The maximum Gasteiger partial charge on any atom is 0.200 e. The van der Waals surface area contributed by atoms with Crippen molar-refractivity contribution in [2.24, 2.45) is 0 Å². The molecule has 0 bridgehead atoms. The van der Waals surface area contributed by atoms with Gasteiger partial charge < -0.3 is 5.32 Å². The molecule has 0 saturated carbocycles. The fraction of sp³-hybridized carbons (Fsp3) is 0.143. The topological polar surface area (TPSA) is 12.0 Å². The highest BCUT2D eigenvalue weighted by Crippen LogP contribution is 2.27. The zero-order valence-corrected chi connectivity index (χ0v) is 10.7. The summed E-state index contributed by atoms with van der Waals surface area (Å²) in [6.07, 6.45) is 0. The van der Waals surface area contributed by atoms with Crippen LogP contribution >= 0.6 is 0 Å². The molecule has 0 amide bonds. The van der Waals surface area contributed by atoms with Crippen LogP contribution in [0.1, 0.15) is 11.1 Å². The molecule has 0 aliphatic rings. The van der Waals surface area contributed by atoms with Gasteiger partial charge in [0.2, 0.25) is 5.82 Å². The number of anilines is 1. The Labute approximate surface area is 116 Å². The first kappa shape index (κ1) is 15.2. The molecular weight excluding hydrogens is 296 g/mol. The van der Waals surface area contributed by atoms with E-state index in [1.54, 1.807) is 0 Å². The lowest BCUT2D eigenvalue weighted by atomic mass is 10.1. The van der Waals surface area contributed by atoms with Crippen molar-refractivity contribution in [1.29, 1.82) is 0 Å². The van der Waals surface area contributed by atoms with Gasteiger partial charge in [0.15, 0.2) is 23.3 Å². The van der Waals surface area contributed by atoms with E-state index in [4.69, 9.17) is 0 Å². The van der Waals surface area contributed by atoms with E-state index in [-0.39, 0.29) is 6.54 Å². The minimum Gasteiger partial charge on any atom is -0.376 e. The van der Waals surface area contributed by atoms with Gasteiger partial charge in [0.1, 0.15) is 11.5 Å². The fourth-order valence-electron chi connectivity index (χ4n) is 1.70. The lowest BCUT2D eigenvalue weighted by Gasteiger charge is -2.11. The summed E-state index contributed by atoms with van der Waals surface area (Å²) in [4.78, 5) is 0. The average Bonchev–Trinajstić information content (AvgIpc) is 2.46. The van der Waals surface area contributed by atoms with Crippen molar-refractivity contribution in [3.63, 3.8) is 0 Å². The third-order valence-electron chi connectivity index (χ3n) is 2.92. The number of nitrogens with one attached hydrogen (secondary N) is 1. The van der Waals surface area contributed by atoms with Gasteiger partial charge in [-0.05, 0) is 24.1 Å². The molecule has 2 aromatic carbocycles. The molecule has 2 aromatic rings. The van der Waals surface area contributed by atoms with Crippen LogP contribution in [0.5, 0.6) is 0 Å². The summed E-state index contributed by atoms with van der Waals surface area (Å²) < 4.78 is 78.9. The Bertz CT molecular complexity index is 669. The molecule has 2 rings (SSSR count). The summed E-state index contributed by atoms with van der Waals surface area (Å²) in [5, 5.41) is 2.09. The standard InChI is InChI=1S/C14H9F6N/c1-6-2-3-7(4-8(6)15)5-21-14-12(19)10(17)9(16)11(18)13(14)20/h2-4,21H,5H2,1H3. The summed E-state index contributed by atoms with van der Waals surface area (Å²) in [6, 6.07) is 4.01. The van der Waals surface area contributed by atoms with Crippen LogP contribution in [0.2, 0.25) is 0 Å². The van der Waals surface area contributed by atoms with E-state index >= 15 is 0 Å². The summed E-state index contributed by atoms with van der Waals surface area (Å²) in [6.45, 7) is 1.23. The maximum absolute atomic E-state index is 13.4. The smallest absolute Gasteiger partial charge is 0.200 e. The van der Waals surface area contributed by atoms with Crippen LogP contribution in [0.25, 0.3) is 0 Å². The largest absolute Gasteiger partial charge is 0.376 e. The Hall–Kier alpha value is -2.18. The van der Waals surface area contributed by atoms with Gasteiger partial charge in [0.05, 0.1) is 0 Å². The van der Waals surface area contributed by atoms with Gasteiger partial charge in [-0.1, -0.05) is 12.1 Å². The second-order valence-corrected chi connectivity index (χ2v) is 4.38. The number of rotatable bonds is 3. The van der Waals surface area contributed by atoms with Crippen LogP contribution in [0.4, 0.5) is 32.0 Å². The van der Waals surface area contributed by atoms with E-state index in [9.17, 15) is 26.3 Å². The first-order chi connectivity index (χ1) is 9.82. The number of benzene rings is 2. The minimum atomic E-state index is -2.23. The van der Waals surface area contributed by atoms with Crippen molar-refractivity contribution in [3.05, 3.63) is 64.2 Å². The van der Waals surface area contributed by atoms with Crippen LogP contribution in [-0.4, -0.2) is 0 Å². The Morgan fingerprint density at radius 3 is 1.86 bits per heavy atom. The number of halogens is 6. The van der Waals surface area contributed by atoms with Gasteiger partial charge in [-0.2, -0.15) is 0 Å². The monoisotopic (exact) mass is 305 g/mol. The molecule has 0 fully saturated rings. The highest BCUT2D eigenvalue weighted by Gasteiger charge is 2.25. The molecule has 1 N–H and O–H groups in total. The molecule has 0 atom stereocenters. The van der Waals surface area contributed by atoms with Crippen molar-refractivity contribution in [3.8, 4) is 0 Å². The van der Waals surface area contributed by atoms with E-state index in [0.717, 1.165) is 6.07 Å². The van der Waals surface area contributed by atoms with Crippen molar-refractivity contribution in [2.75, 3.05) is 5.32 Å². The van der Waals surface area contributed by atoms with E-state index in [1.807, 2.05) is 0 Å². The predicted octanol–water partition coefficient (Wildman–Crippen LogP) is 4.44. The van der Waals surface area contributed by atoms with Crippen molar-refractivity contribution >= 4 is 5.69 Å². The number of aryl methyl sites for hydroxylation is 1. The second-order valence-electron chi connectivity index (χ2n) is 4.38. The molecular formula is C14H9F6N. The molecule has 0 aromatic heterocycles. The summed E-state index contributed by atoms with van der Waals surface area (Å²) in [5.41, 5.74) is -0.482. The predicted molar refractivity (Wildman–Crippen MR) is 64.7 cm³/mol. The molecule has 21 heavy (non-hydrogen) atoms. The van der Waals surface area contributed by atoms with Gasteiger partial charge in [-0.15, -0.1) is 0 Å². The van der Waals surface area contributed by atoms with Crippen molar-refractivity contribution < 1.29 is 26.3 Å². The normalized spacial score (nSPS) is 10.8. The lowest BCUT2D eigenvalue weighted by Crippen LogP contribution is -2.10. The van der Waals surface area contributed by atoms with Crippen LogP contribution in [0, 0.1) is 41.8 Å². The van der Waals surface area contributed by atoms with E-state index < -0.39 is 40.6 Å². The maximum atomic E-state index is 13.4. The highest BCUT2D eigenvalue weighted by atomic mass is 19.2. The quantitative estimate of drug-likeness (QED) is 0.502. The minimum absolute atomic E-state index is 0.294. The highest BCUT2D eigenvalue weighted by molar-refractivity contribution is 5.48. The van der Waals surface area contributed by atoms with Gasteiger partial charge in [0.25, 0.3) is 0 Å². The first-order valence-electron chi connectivity index (χ1n) is 5.83. The molecule has 0 aliphatic carbocycles. The molecule has 0 spiro atoms. The second kappa shape index (κ2) is 5.67. The van der Waals surface area contributed by atoms with Crippen LogP contribution in [0.3, 0.4) is 0 Å². The van der Waals surface area contributed by atoms with E-state index in [2.05, 4.69) is 5.32 Å². The average molecular weight is 305 g/mol. The van der Waals surface area contributed by atoms with Crippen LogP contribution in [0.15, 0.2) is 18.2 Å². The van der Waals surface area contributed by atoms with Gasteiger partial charge in [-0.25, -0.2) is 26.3 Å². The third kappa shape index (κ3) is 2.81. The van der Waals surface area contributed by atoms with E-state index in [0.29, 0.717) is 11.1 Å². The summed E-state index contributed by atoms with van der Waals surface area (Å²) >= 11 is 0. The molecule has 0 saturated heterocycles. The SMILES string of the molecule is Cc1ccc(CNc2c(F)c(F)c(F)c(F)c2F)cc1F. The lowest BCUT2D eigenvalue weighted by molar-refractivity contribution is 0.381. The van der Waals surface area contributed by atoms with Crippen LogP contribution in [-0.2, 0) is 6.54 Å².